The van der Waals surface area contributed by atoms with Crippen LogP contribution in [0.25, 0.3) is 0 Å². The highest BCUT2D eigenvalue weighted by atomic mass is 19.1. The van der Waals surface area contributed by atoms with Crippen LogP contribution in [0.4, 0.5) is 10.1 Å². The fraction of sp³-hybridized carbons (Fsp3) is 0.143. The third-order valence-corrected chi connectivity index (χ3v) is 2.33. The first-order valence-electron chi connectivity index (χ1n) is 5.21. The second-order valence-electron chi connectivity index (χ2n) is 3.74. The molecule has 0 unspecified atom stereocenters. The van der Waals surface area contributed by atoms with Gasteiger partial charge in [-0.15, -0.1) is 0 Å². The van der Waals surface area contributed by atoms with Gasteiger partial charge < -0.3 is 5.32 Å². The largest absolute Gasteiger partial charge is 0.381 e. The Hall–Kier alpha value is -1.83. The van der Waals surface area contributed by atoms with E-state index in [1.165, 1.54) is 17.7 Å². The van der Waals surface area contributed by atoms with Gasteiger partial charge in [0.1, 0.15) is 5.82 Å². The van der Waals surface area contributed by atoms with Crippen molar-refractivity contribution in [3.05, 3.63) is 65.5 Å². The fourth-order valence-corrected chi connectivity index (χ4v) is 1.56. The molecule has 0 fully saturated rings. The Balaban J connectivity index is 2.02. The maximum absolute atomic E-state index is 12.9. The number of aryl methyl sites for hydroxylation is 1. The lowest BCUT2D eigenvalue weighted by Crippen LogP contribution is -1.99. The minimum absolute atomic E-state index is 0.220. The second kappa shape index (κ2) is 4.79. The van der Waals surface area contributed by atoms with Gasteiger partial charge in [-0.2, -0.15) is 0 Å². The molecule has 2 aromatic carbocycles. The van der Waals surface area contributed by atoms with Crippen molar-refractivity contribution in [3.8, 4) is 0 Å². The number of anilines is 1. The van der Waals surface area contributed by atoms with Crippen molar-refractivity contribution >= 4 is 5.69 Å². The molecule has 0 aliphatic carbocycles. The van der Waals surface area contributed by atoms with Crippen LogP contribution in [0, 0.1) is 18.8 Å². The van der Waals surface area contributed by atoms with Crippen LogP contribution in [0.5, 0.6) is 0 Å². The summed E-state index contributed by atoms with van der Waals surface area (Å²) in [4.78, 5) is 0. The molecule has 0 aliphatic rings. The van der Waals surface area contributed by atoms with E-state index in [0.717, 1.165) is 11.3 Å². The zero-order valence-electron chi connectivity index (χ0n) is 9.13. The van der Waals surface area contributed by atoms with Crippen LogP contribution in [0.1, 0.15) is 11.1 Å². The number of hydrogen-bond donors (Lipinski definition) is 1. The lowest BCUT2D eigenvalue weighted by Gasteiger charge is -2.06. The van der Waals surface area contributed by atoms with Crippen molar-refractivity contribution in [2.75, 3.05) is 5.32 Å². The molecule has 2 aromatic rings. The summed E-state index contributed by atoms with van der Waals surface area (Å²) in [5.41, 5.74) is 3.07. The highest BCUT2D eigenvalue weighted by Crippen LogP contribution is 2.11. The van der Waals surface area contributed by atoms with Crippen molar-refractivity contribution < 1.29 is 4.39 Å². The first-order valence-corrected chi connectivity index (χ1v) is 5.21. The predicted octanol–water partition coefficient (Wildman–Crippen LogP) is 3.55. The Morgan fingerprint density at radius 1 is 1.25 bits per heavy atom. The number of rotatable bonds is 3. The highest BCUT2D eigenvalue weighted by Gasteiger charge is 1.96. The lowest BCUT2D eigenvalue weighted by molar-refractivity contribution is 0.628. The van der Waals surface area contributed by atoms with E-state index in [4.69, 9.17) is 0 Å². The first-order chi connectivity index (χ1) is 7.74. The van der Waals surface area contributed by atoms with Crippen LogP contribution in [0.3, 0.4) is 0 Å². The molecule has 2 heteroatoms. The van der Waals surface area contributed by atoms with E-state index in [0.29, 0.717) is 6.54 Å². The molecule has 0 aliphatic heterocycles. The molecular weight excluding hydrogens is 201 g/mol. The SMILES string of the molecule is Cc1[c]ccc(CNc2cccc(F)c2)c1. The van der Waals surface area contributed by atoms with Gasteiger partial charge in [0.15, 0.2) is 0 Å². The van der Waals surface area contributed by atoms with Gasteiger partial charge in [-0.05, 0) is 42.3 Å². The quantitative estimate of drug-likeness (QED) is 0.824. The van der Waals surface area contributed by atoms with Gasteiger partial charge in [0.05, 0.1) is 0 Å². The van der Waals surface area contributed by atoms with Gasteiger partial charge in [0.25, 0.3) is 0 Å². The third kappa shape index (κ3) is 2.83. The Kier molecular flexibility index (Phi) is 3.20. The van der Waals surface area contributed by atoms with Gasteiger partial charge in [-0.1, -0.05) is 24.3 Å². The van der Waals surface area contributed by atoms with Crippen LogP contribution in [-0.2, 0) is 6.54 Å². The normalized spacial score (nSPS) is 10.1. The molecule has 0 atom stereocenters. The first kappa shape index (κ1) is 10.7. The Labute approximate surface area is 94.9 Å². The van der Waals surface area contributed by atoms with E-state index >= 15 is 0 Å². The molecule has 81 valence electrons. The fourth-order valence-electron chi connectivity index (χ4n) is 1.56. The van der Waals surface area contributed by atoms with Gasteiger partial charge in [-0.3, -0.25) is 0 Å². The van der Waals surface area contributed by atoms with Gasteiger partial charge in [-0.25, -0.2) is 4.39 Å². The minimum Gasteiger partial charge on any atom is -0.381 e. The third-order valence-electron chi connectivity index (χ3n) is 2.33. The summed E-state index contributed by atoms with van der Waals surface area (Å²) >= 11 is 0. The molecule has 0 heterocycles. The van der Waals surface area contributed by atoms with Crippen molar-refractivity contribution in [3.63, 3.8) is 0 Å². The van der Waals surface area contributed by atoms with Crippen molar-refractivity contribution in [1.82, 2.24) is 0 Å². The molecule has 0 aromatic heterocycles. The van der Waals surface area contributed by atoms with Gasteiger partial charge >= 0.3 is 0 Å². The molecule has 0 saturated carbocycles. The molecular formula is C14H13FN. The average molecular weight is 214 g/mol. The minimum atomic E-state index is -0.220. The monoisotopic (exact) mass is 214 g/mol. The van der Waals surface area contributed by atoms with E-state index in [1.54, 1.807) is 6.07 Å². The molecule has 0 bridgehead atoms. The number of nitrogens with one attached hydrogen (secondary N) is 1. The topological polar surface area (TPSA) is 12.0 Å². The van der Waals surface area contributed by atoms with E-state index in [2.05, 4.69) is 17.4 Å². The molecule has 16 heavy (non-hydrogen) atoms. The standard InChI is InChI=1S/C14H13FN/c1-11-4-2-5-12(8-11)10-16-14-7-3-6-13(15)9-14/h2-3,5-9,16H,10H2,1H3. The van der Waals surface area contributed by atoms with Gasteiger partial charge in [0, 0.05) is 12.2 Å². The van der Waals surface area contributed by atoms with Crippen molar-refractivity contribution in [2.45, 2.75) is 13.5 Å². The number of halogens is 1. The Morgan fingerprint density at radius 3 is 2.88 bits per heavy atom. The van der Waals surface area contributed by atoms with Crippen LogP contribution in [-0.4, -0.2) is 0 Å². The molecule has 2 rings (SSSR count). The summed E-state index contributed by atoms with van der Waals surface area (Å²) in [6.07, 6.45) is 0. The van der Waals surface area contributed by atoms with E-state index in [9.17, 15) is 4.39 Å². The van der Waals surface area contributed by atoms with Crippen LogP contribution in [0.15, 0.2) is 42.5 Å². The molecule has 0 amide bonds. The summed E-state index contributed by atoms with van der Waals surface area (Å²) in [5, 5.41) is 3.18. The van der Waals surface area contributed by atoms with Crippen molar-refractivity contribution in [2.24, 2.45) is 0 Å². The summed E-state index contributed by atoms with van der Waals surface area (Å²) in [6, 6.07) is 15.5. The summed E-state index contributed by atoms with van der Waals surface area (Å²) < 4.78 is 12.9. The predicted molar refractivity (Wildman–Crippen MR) is 63.7 cm³/mol. The molecule has 1 N–H and O–H groups in total. The van der Waals surface area contributed by atoms with Crippen molar-refractivity contribution in [1.29, 1.82) is 0 Å². The average Bonchev–Trinajstić information content (AvgIpc) is 2.27. The summed E-state index contributed by atoms with van der Waals surface area (Å²) in [6.45, 7) is 2.70. The smallest absolute Gasteiger partial charge is 0.125 e. The molecule has 1 nitrogen and oxygen atoms in total. The molecule has 0 spiro atoms. The van der Waals surface area contributed by atoms with Crippen LogP contribution < -0.4 is 5.32 Å². The second-order valence-corrected chi connectivity index (χ2v) is 3.74. The lowest BCUT2D eigenvalue weighted by atomic mass is 10.1. The van der Waals surface area contributed by atoms with Crippen LogP contribution >= 0.6 is 0 Å². The zero-order chi connectivity index (χ0) is 11.4. The van der Waals surface area contributed by atoms with E-state index < -0.39 is 0 Å². The van der Waals surface area contributed by atoms with E-state index in [1.807, 2.05) is 25.1 Å². The molecule has 1 radical (unpaired) electrons. The maximum atomic E-state index is 12.9. The summed E-state index contributed by atoms with van der Waals surface area (Å²) in [5.74, 6) is -0.220. The van der Waals surface area contributed by atoms with E-state index in [-0.39, 0.29) is 5.82 Å². The summed E-state index contributed by atoms with van der Waals surface area (Å²) in [7, 11) is 0. The van der Waals surface area contributed by atoms with Gasteiger partial charge in [0.2, 0.25) is 0 Å². The maximum Gasteiger partial charge on any atom is 0.125 e. The number of hydrogen-bond acceptors (Lipinski definition) is 1. The number of benzene rings is 2. The highest BCUT2D eigenvalue weighted by molar-refractivity contribution is 5.43. The Bertz CT molecular complexity index is 434. The Morgan fingerprint density at radius 2 is 2.12 bits per heavy atom. The van der Waals surface area contributed by atoms with Crippen LogP contribution in [0.2, 0.25) is 0 Å². The zero-order valence-corrected chi connectivity index (χ0v) is 9.13. The molecule has 0 saturated heterocycles.